The Labute approximate surface area is 131 Å². The maximum atomic E-state index is 12.6. The van der Waals surface area contributed by atoms with Crippen molar-refractivity contribution >= 4 is 27.4 Å². The van der Waals surface area contributed by atoms with Gasteiger partial charge in [0.25, 0.3) is 0 Å². The van der Waals surface area contributed by atoms with Gasteiger partial charge < -0.3 is 5.73 Å². The molecule has 0 radical (unpaired) electrons. The van der Waals surface area contributed by atoms with Crippen molar-refractivity contribution in [3.8, 4) is 0 Å². The number of nitrogens with two attached hydrogens (primary N) is 1. The van der Waals surface area contributed by atoms with Gasteiger partial charge >= 0.3 is 5.69 Å². The molecule has 1 fully saturated rings. The molecule has 1 aliphatic heterocycles. The monoisotopic (exact) mass is 338 g/mol. The molecule has 1 aliphatic rings. The Balaban J connectivity index is 2.15. The number of thioether (sulfide) groups is 1. The van der Waals surface area contributed by atoms with Gasteiger partial charge in [-0.3, -0.25) is 4.57 Å². The summed E-state index contributed by atoms with van der Waals surface area (Å²) in [5.41, 5.74) is 5.14. The third kappa shape index (κ3) is 2.61. The van der Waals surface area contributed by atoms with E-state index in [9.17, 15) is 13.2 Å². The summed E-state index contributed by atoms with van der Waals surface area (Å²) in [6.45, 7) is 0. The van der Waals surface area contributed by atoms with Crippen LogP contribution in [-0.4, -0.2) is 28.7 Å². The molecule has 2 aromatic rings. The van der Waals surface area contributed by atoms with Gasteiger partial charge in [-0.25, -0.2) is 18.2 Å². The molecule has 7 nitrogen and oxygen atoms in total. The molecule has 1 atom stereocenters. The number of nitrogen functional groups attached to an aromatic ring is 1. The minimum atomic E-state index is -3.91. The highest BCUT2D eigenvalue weighted by Crippen LogP contribution is 2.35. The number of hydrogen-bond acceptors (Lipinski definition) is 7. The van der Waals surface area contributed by atoms with Crippen molar-refractivity contribution < 1.29 is 8.42 Å². The third-order valence-corrected chi connectivity index (χ3v) is 6.42. The number of aromatic nitrogens is 3. The summed E-state index contributed by atoms with van der Waals surface area (Å²) in [4.78, 5) is 19.3. The quantitative estimate of drug-likeness (QED) is 0.892. The normalized spacial score (nSPS) is 18.5. The van der Waals surface area contributed by atoms with Gasteiger partial charge in [-0.15, -0.1) is 11.8 Å². The van der Waals surface area contributed by atoms with Crippen molar-refractivity contribution in [1.29, 1.82) is 0 Å². The van der Waals surface area contributed by atoms with E-state index in [2.05, 4.69) is 9.97 Å². The van der Waals surface area contributed by atoms with Gasteiger partial charge in [0.2, 0.25) is 9.84 Å². The minimum absolute atomic E-state index is 0.0988. The fourth-order valence-electron chi connectivity index (χ4n) is 2.28. The molecule has 1 saturated heterocycles. The first kappa shape index (κ1) is 15.0. The van der Waals surface area contributed by atoms with Crippen molar-refractivity contribution in [2.45, 2.75) is 28.1 Å². The van der Waals surface area contributed by atoms with Crippen LogP contribution in [0.1, 0.15) is 18.2 Å². The van der Waals surface area contributed by atoms with Crippen LogP contribution in [0.2, 0.25) is 0 Å². The van der Waals surface area contributed by atoms with E-state index in [0.29, 0.717) is 0 Å². The molecule has 0 spiro atoms. The van der Waals surface area contributed by atoms with Crippen LogP contribution in [0.3, 0.4) is 0 Å². The zero-order valence-corrected chi connectivity index (χ0v) is 13.2. The second-order valence-corrected chi connectivity index (χ2v) is 7.97. The SMILES string of the molecule is Nc1nc(=O)n([C@H]2CCCS2)cc1S(=O)(=O)c1ccccn1. The van der Waals surface area contributed by atoms with Gasteiger partial charge in [-0.2, -0.15) is 4.98 Å². The molecule has 0 saturated carbocycles. The molecule has 2 N–H and O–H groups in total. The molecule has 3 rings (SSSR count). The molecular formula is C13H14N4O3S2. The largest absolute Gasteiger partial charge is 0.382 e. The van der Waals surface area contributed by atoms with Gasteiger partial charge in [-0.1, -0.05) is 6.07 Å². The Bertz CT molecular complexity index is 843. The van der Waals surface area contributed by atoms with E-state index in [1.807, 2.05) is 0 Å². The second-order valence-electron chi connectivity index (χ2n) is 4.82. The molecule has 0 bridgehead atoms. The van der Waals surface area contributed by atoms with E-state index in [-0.39, 0.29) is 21.1 Å². The van der Waals surface area contributed by atoms with Crippen LogP contribution in [0.4, 0.5) is 5.82 Å². The summed E-state index contributed by atoms with van der Waals surface area (Å²) in [6.07, 6.45) is 4.46. The molecule has 0 amide bonds. The Morgan fingerprint density at radius 1 is 1.36 bits per heavy atom. The highest BCUT2D eigenvalue weighted by Gasteiger charge is 2.27. The van der Waals surface area contributed by atoms with E-state index in [1.165, 1.54) is 23.0 Å². The molecular weight excluding hydrogens is 324 g/mol. The first-order valence-electron chi connectivity index (χ1n) is 6.66. The molecule has 116 valence electrons. The lowest BCUT2D eigenvalue weighted by Crippen LogP contribution is -2.27. The zero-order valence-electron chi connectivity index (χ0n) is 11.5. The molecule has 2 aromatic heterocycles. The summed E-state index contributed by atoms with van der Waals surface area (Å²) in [5.74, 6) is 0.638. The fourth-order valence-corrected chi connectivity index (χ4v) is 4.78. The second kappa shape index (κ2) is 5.73. The number of sulfone groups is 1. The highest BCUT2D eigenvalue weighted by molar-refractivity contribution is 7.99. The van der Waals surface area contributed by atoms with Gasteiger partial charge in [0.1, 0.15) is 10.7 Å². The van der Waals surface area contributed by atoms with Crippen molar-refractivity contribution in [3.05, 3.63) is 41.1 Å². The lowest BCUT2D eigenvalue weighted by Gasteiger charge is -2.14. The molecule has 0 aliphatic carbocycles. The van der Waals surface area contributed by atoms with Gasteiger partial charge in [0.05, 0.1) is 5.37 Å². The van der Waals surface area contributed by atoms with Gasteiger partial charge in [0.15, 0.2) is 5.03 Å². The van der Waals surface area contributed by atoms with Gasteiger partial charge in [-0.05, 0) is 30.7 Å². The Hall–Kier alpha value is -1.87. The maximum Gasteiger partial charge on any atom is 0.350 e. The van der Waals surface area contributed by atoms with Crippen LogP contribution in [-0.2, 0) is 9.84 Å². The topological polar surface area (TPSA) is 108 Å². The molecule has 0 unspecified atom stereocenters. The van der Waals surface area contributed by atoms with E-state index < -0.39 is 15.5 Å². The van der Waals surface area contributed by atoms with Crippen molar-refractivity contribution in [2.24, 2.45) is 0 Å². The molecule has 22 heavy (non-hydrogen) atoms. The predicted molar refractivity (Wildman–Crippen MR) is 83.3 cm³/mol. The Morgan fingerprint density at radius 3 is 2.82 bits per heavy atom. The first-order valence-corrected chi connectivity index (χ1v) is 9.20. The number of rotatable bonds is 3. The highest BCUT2D eigenvalue weighted by atomic mass is 32.2. The minimum Gasteiger partial charge on any atom is -0.382 e. The zero-order chi connectivity index (χ0) is 15.7. The van der Waals surface area contributed by atoms with Crippen LogP contribution in [0.25, 0.3) is 0 Å². The molecule has 3 heterocycles. The van der Waals surface area contributed by atoms with Crippen molar-refractivity contribution in [2.75, 3.05) is 11.5 Å². The standard InChI is InChI=1S/C13H14N4O3S2/c14-12-9(22(19,20)10-4-1-2-6-15-10)8-17(13(18)16-12)11-5-3-7-21-11/h1-2,4,6,8,11H,3,5,7H2,(H2,14,16,18)/t11-/m1/s1. The van der Waals surface area contributed by atoms with Crippen LogP contribution < -0.4 is 11.4 Å². The molecule has 9 heteroatoms. The average Bonchev–Trinajstić information content (AvgIpc) is 3.02. The van der Waals surface area contributed by atoms with Crippen molar-refractivity contribution in [3.63, 3.8) is 0 Å². The van der Waals surface area contributed by atoms with E-state index >= 15 is 0 Å². The Kier molecular flexibility index (Phi) is 3.92. The summed E-state index contributed by atoms with van der Waals surface area (Å²) in [7, 11) is -3.91. The summed E-state index contributed by atoms with van der Waals surface area (Å²) < 4.78 is 26.6. The maximum absolute atomic E-state index is 12.6. The summed E-state index contributed by atoms with van der Waals surface area (Å²) in [6, 6.07) is 4.58. The number of anilines is 1. The summed E-state index contributed by atoms with van der Waals surface area (Å²) >= 11 is 1.60. The number of hydrogen-bond donors (Lipinski definition) is 1. The van der Waals surface area contributed by atoms with Crippen LogP contribution in [0.5, 0.6) is 0 Å². The fraction of sp³-hybridized carbons (Fsp3) is 0.308. The Morgan fingerprint density at radius 2 is 2.18 bits per heavy atom. The number of pyridine rings is 1. The first-order chi connectivity index (χ1) is 10.5. The van der Waals surface area contributed by atoms with Crippen molar-refractivity contribution in [1.82, 2.24) is 14.5 Å². The van der Waals surface area contributed by atoms with E-state index in [1.54, 1.807) is 23.9 Å². The molecule has 0 aromatic carbocycles. The van der Waals surface area contributed by atoms with Crippen LogP contribution in [0, 0.1) is 0 Å². The summed E-state index contributed by atoms with van der Waals surface area (Å²) in [5, 5.41) is -0.217. The van der Waals surface area contributed by atoms with Crippen LogP contribution >= 0.6 is 11.8 Å². The predicted octanol–water partition coefficient (Wildman–Crippen LogP) is 1.08. The van der Waals surface area contributed by atoms with E-state index in [4.69, 9.17) is 5.73 Å². The smallest absolute Gasteiger partial charge is 0.350 e. The van der Waals surface area contributed by atoms with Gasteiger partial charge in [0, 0.05) is 12.4 Å². The van der Waals surface area contributed by atoms with Crippen LogP contribution in [0.15, 0.2) is 45.3 Å². The number of nitrogens with zero attached hydrogens (tertiary/aromatic N) is 3. The third-order valence-electron chi connectivity index (χ3n) is 3.36. The lowest BCUT2D eigenvalue weighted by atomic mass is 10.3. The lowest BCUT2D eigenvalue weighted by molar-refractivity contribution is 0.578. The van der Waals surface area contributed by atoms with E-state index in [0.717, 1.165) is 18.6 Å². The average molecular weight is 338 g/mol.